The van der Waals surface area contributed by atoms with Gasteiger partial charge < -0.3 is 15.2 Å². The number of fused-ring (bicyclic) bond motifs is 1. The van der Waals surface area contributed by atoms with E-state index >= 15 is 0 Å². The quantitative estimate of drug-likeness (QED) is 0.640. The van der Waals surface area contributed by atoms with Crippen LogP contribution in [-0.2, 0) is 23.4 Å². The van der Waals surface area contributed by atoms with Gasteiger partial charge in [0.15, 0.2) is 5.69 Å². The number of ether oxygens (including phenoxy) is 1. The van der Waals surface area contributed by atoms with Crippen molar-refractivity contribution in [1.29, 1.82) is 0 Å². The summed E-state index contributed by atoms with van der Waals surface area (Å²) in [5, 5.41) is 13.1. The van der Waals surface area contributed by atoms with Gasteiger partial charge in [-0.05, 0) is 31.5 Å². The number of nitrogens with one attached hydrogen (secondary N) is 1. The Morgan fingerprint density at radius 3 is 2.43 bits per heavy atom. The number of aromatic nitrogens is 2. The van der Waals surface area contributed by atoms with Crippen molar-refractivity contribution in [1.82, 2.24) is 24.7 Å². The third-order valence-corrected chi connectivity index (χ3v) is 6.45. The van der Waals surface area contributed by atoms with Crippen LogP contribution in [0.25, 0.3) is 0 Å². The van der Waals surface area contributed by atoms with Crippen LogP contribution < -0.4 is 10.9 Å². The summed E-state index contributed by atoms with van der Waals surface area (Å²) >= 11 is 0. The van der Waals surface area contributed by atoms with Crippen LogP contribution in [0.3, 0.4) is 0 Å². The third kappa shape index (κ3) is 6.06. The summed E-state index contributed by atoms with van der Waals surface area (Å²) in [7, 11) is 0. The molecule has 0 radical (unpaired) electrons. The summed E-state index contributed by atoms with van der Waals surface area (Å²) in [6.45, 7) is 14.0. The van der Waals surface area contributed by atoms with Crippen LogP contribution in [0.1, 0.15) is 49.6 Å². The fourth-order valence-electron chi connectivity index (χ4n) is 4.37. The second-order valence-electron chi connectivity index (χ2n) is 8.90. The van der Waals surface area contributed by atoms with Crippen molar-refractivity contribution in [3.8, 4) is 5.75 Å². The highest BCUT2D eigenvalue weighted by Gasteiger charge is 2.38. The molecule has 2 aliphatic rings. The lowest BCUT2D eigenvalue weighted by molar-refractivity contribution is 0.0170. The molecule has 1 saturated heterocycles. The Labute approximate surface area is 205 Å². The Morgan fingerprint density at radius 2 is 1.77 bits per heavy atom. The van der Waals surface area contributed by atoms with E-state index in [1.807, 2.05) is 27.7 Å². The molecule has 192 valence electrons. The lowest BCUT2D eigenvalue weighted by atomic mass is 9.98. The molecule has 0 atom stereocenters. The van der Waals surface area contributed by atoms with Gasteiger partial charge in [0.05, 0.1) is 18.8 Å². The second kappa shape index (κ2) is 11.7. The number of carbonyl (C=O) groups is 1. The highest BCUT2D eigenvalue weighted by Crippen LogP contribution is 2.30. The minimum atomic E-state index is -0.659. The number of nitrogens with zero attached hydrogens (tertiary/aromatic N) is 4. The SMILES string of the molecule is CC.CC1(C)c2nc(C(=O)NCc3ccc(F)cc3)c(O)c(=O)n2CCN1CCN1CCOCC1. The number of halogens is 1. The monoisotopic (exact) mass is 489 g/mol. The normalized spacial score (nSPS) is 17.7. The molecule has 0 unspecified atom stereocenters. The zero-order valence-electron chi connectivity index (χ0n) is 21.0. The van der Waals surface area contributed by atoms with Gasteiger partial charge in [-0.25, -0.2) is 9.37 Å². The maximum atomic E-state index is 13.1. The molecule has 2 N–H and O–H groups in total. The Bertz CT molecular complexity index is 1060. The lowest BCUT2D eigenvalue weighted by Gasteiger charge is -2.44. The summed E-state index contributed by atoms with van der Waals surface area (Å²) in [4.78, 5) is 34.7. The van der Waals surface area contributed by atoms with E-state index in [4.69, 9.17) is 4.74 Å². The maximum absolute atomic E-state index is 13.1. The molecule has 1 amide bonds. The molecule has 1 aromatic carbocycles. The zero-order chi connectivity index (χ0) is 25.6. The van der Waals surface area contributed by atoms with Gasteiger partial charge in [-0.3, -0.25) is 24.0 Å². The van der Waals surface area contributed by atoms with E-state index in [1.165, 1.54) is 16.7 Å². The Kier molecular flexibility index (Phi) is 8.98. The van der Waals surface area contributed by atoms with Crippen molar-refractivity contribution in [2.45, 2.75) is 46.3 Å². The first-order valence-corrected chi connectivity index (χ1v) is 12.2. The molecule has 0 bridgehead atoms. The van der Waals surface area contributed by atoms with Gasteiger partial charge in [0, 0.05) is 45.8 Å². The van der Waals surface area contributed by atoms with Crippen molar-refractivity contribution >= 4 is 5.91 Å². The summed E-state index contributed by atoms with van der Waals surface area (Å²) in [5.41, 5.74) is -0.832. The Hall–Kier alpha value is -2.82. The number of hydrogen-bond donors (Lipinski definition) is 2. The van der Waals surface area contributed by atoms with E-state index in [9.17, 15) is 19.1 Å². The van der Waals surface area contributed by atoms with Gasteiger partial charge in [0.1, 0.15) is 11.6 Å². The fraction of sp³-hybridized carbons (Fsp3) is 0.560. The molecule has 2 aromatic rings. The number of amides is 1. The predicted molar refractivity (Wildman–Crippen MR) is 131 cm³/mol. The summed E-state index contributed by atoms with van der Waals surface area (Å²) in [6.07, 6.45) is 0. The minimum absolute atomic E-state index is 0.119. The highest BCUT2D eigenvalue weighted by atomic mass is 19.1. The van der Waals surface area contributed by atoms with Gasteiger partial charge in [-0.15, -0.1) is 0 Å². The van der Waals surface area contributed by atoms with E-state index in [1.54, 1.807) is 12.1 Å². The smallest absolute Gasteiger partial charge is 0.296 e. The van der Waals surface area contributed by atoms with Gasteiger partial charge in [0.25, 0.3) is 11.5 Å². The van der Waals surface area contributed by atoms with E-state index in [0.29, 0.717) is 24.5 Å². The largest absolute Gasteiger partial charge is 0.501 e. The van der Waals surface area contributed by atoms with Gasteiger partial charge in [0.2, 0.25) is 5.75 Å². The molecule has 0 saturated carbocycles. The van der Waals surface area contributed by atoms with Crippen molar-refractivity contribution in [2.24, 2.45) is 0 Å². The van der Waals surface area contributed by atoms with Crippen LogP contribution in [0.5, 0.6) is 5.75 Å². The second-order valence-corrected chi connectivity index (χ2v) is 8.90. The van der Waals surface area contributed by atoms with Crippen LogP contribution in [0.15, 0.2) is 29.1 Å². The predicted octanol–water partition coefficient (Wildman–Crippen LogP) is 1.93. The molecule has 35 heavy (non-hydrogen) atoms. The Morgan fingerprint density at radius 1 is 1.11 bits per heavy atom. The molecule has 3 heterocycles. The standard InChI is InChI=1S/C23H30FN5O4.C2H6/c1-23(2)22-26-18(20(31)25-15-16-3-5-17(24)6-4-16)19(30)21(32)29(22)10-9-28(23)8-7-27-11-13-33-14-12-27;1-2/h3-6,30H,7-15H2,1-2H3,(H,25,31);1-2H3. The summed E-state index contributed by atoms with van der Waals surface area (Å²) < 4.78 is 20.0. The molecule has 1 aromatic heterocycles. The van der Waals surface area contributed by atoms with E-state index in [0.717, 1.165) is 39.4 Å². The number of rotatable bonds is 6. The van der Waals surface area contributed by atoms with Crippen LogP contribution in [0.4, 0.5) is 4.39 Å². The van der Waals surface area contributed by atoms with Gasteiger partial charge in [-0.1, -0.05) is 26.0 Å². The van der Waals surface area contributed by atoms with E-state index in [-0.39, 0.29) is 18.1 Å². The maximum Gasteiger partial charge on any atom is 0.296 e. The first-order valence-electron chi connectivity index (χ1n) is 12.2. The topological polar surface area (TPSA) is 99.9 Å². The molecule has 9 nitrogen and oxygen atoms in total. The van der Waals surface area contributed by atoms with Crippen molar-refractivity contribution in [3.05, 3.63) is 57.5 Å². The Balaban J connectivity index is 0.00000167. The van der Waals surface area contributed by atoms with Crippen molar-refractivity contribution in [2.75, 3.05) is 45.9 Å². The molecule has 4 rings (SSSR count). The molecule has 0 aliphatic carbocycles. The molecule has 0 spiro atoms. The third-order valence-electron chi connectivity index (χ3n) is 6.45. The number of aromatic hydroxyl groups is 1. The van der Waals surface area contributed by atoms with Crippen LogP contribution in [0.2, 0.25) is 0 Å². The fourth-order valence-corrected chi connectivity index (χ4v) is 4.37. The number of carbonyl (C=O) groups excluding carboxylic acids is 1. The average molecular weight is 490 g/mol. The van der Waals surface area contributed by atoms with Crippen LogP contribution >= 0.6 is 0 Å². The molecule has 1 fully saturated rings. The number of benzene rings is 1. The number of morpholine rings is 1. The molecule has 10 heteroatoms. The summed E-state index contributed by atoms with van der Waals surface area (Å²) in [5.74, 6) is -1.23. The molecule has 2 aliphatic heterocycles. The first-order chi connectivity index (χ1) is 16.8. The van der Waals surface area contributed by atoms with Crippen molar-refractivity contribution in [3.63, 3.8) is 0 Å². The minimum Gasteiger partial charge on any atom is -0.501 e. The molecular formula is C25H36FN5O4. The van der Waals surface area contributed by atoms with E-state index < -0.39 is 22.8 Å². The van der Waals surface area contributed by atoms with Crippen LogP contribution in [-0.4, -0.2) is 76.3 Å². The van der Waals surface area contributed by atoms with Gasteiger partial charge in [-0.2, -0.15) is 0 Å². The average Bonchev–Trinajstić information content (AvgIpc) is 2.87. The van der Waals surface area contributed by atoms with Crippen molar-refractivity contribution < 1.29 is 19.0 Å². The highest BCUT2D eigenvalue weighted by molar-refractivity contribution is 5.94. The van der Waals surface area contributed by atoms with E-state index in [2.05, 4.69) is 20.1 Å². The van der Waals surface area contributed by atoms with Crippen LogP contribution in [0, 0.1) is 5.82 Å². The molecular weight excluding hydrogens is 453 g/mol. The first kappa shape index (κ1) is 26.8. The van der Waals surface area contributed by atoms with Gasteiger partial charge >= 0.3 is 0 Å². The zero-order valence-corrected chi connectivity index (χ0v) is 21.0. The summed E-state index contributed by atoms with van der Waals surface area (Å²) in [6, 6.07) is 5.72. The number of hydrogen-bond acceptors (Lipinski definition) is 7. The lowest BCUT2D eigenvalue weighted by Crippen LogP contribution is -2.55.